The van der Waals surface area contributed by atoms with Crippen LogP contribution in [0.3, 0.4) is 0 Å². The van der Waals surface area contributed by atoms with Crippen molar-refractivity contribution in [2.75, 3.05) is 4.90 Å². The van der Waals surface area contributed by atoms with Gasteiger partial charge in [-0.1, -0.05) is 176 Å². The molecule has 0 amide bonds. The molecular formula is C54H45NO. The highest BCUT2D eigenvalue weighted by atomic mass is 16.3. The number of rotatable bonds is 7. The molecule has 4 aliphatic carbocycles. The fraction of sp³-hybridized carbons (Fsp3) is 0.148. The number of hydrogen-bond donors (Lipinski definition) is 0. The van der Waals surface area contributed by atoms with E-state index in [1.165, 1.54) is 66.9 Å². The minimum atomic E-state index is 0.199. The van der Waals surface area contributed by atoms with Gasteiger partial charge in [0.25, 0.3) is 0 Å². The zero-order valence-corrected chi connectivity index (χ0v) is 31.8. The molecule has 5 aromatic carbocycles. The molecule has 2 nitrogen and oxygen atoms in total. The monoisotopic (exact) mass is 723 g/mol. The van der Waals surface area contributed by atoms with E-state index in [1.54, 1.807) is 0 Å². The normalized spacial score (nSPS) is 20.2. The maximum absolute atomic E-state index is 6.85. The molecule has 10 rings (SSSR count). The largest absolute Gasteiger partial charge is 0.459 e. The first-order chi connectivity index (χ1) is 27.7. The van der Waals surface area contributed by atoms with Crippen LogP contribution in [0.15, 0.2) is 203 Å². The molecule has 4 aliphatic rings. The third-order valence-corrected chi connectivity index (χ3v) is 12.0. The van der Waals surface area contributed by atoms with E-state index in [9.17, 15) is 0 Å². The van der Waals surface area contributed by atoms with E-state index in [2.05, 4.69) is 200 Å². The second-order valence-corrected chi connectivity index (χ2v) is 15.6. The topological polar surface area (TPSA) is 16.4 Å². The second-order valence-electron chi connectivity index (χ2n) is 15.6. The van der Waals surface area contributed by atoms with Crippen molar-refractivity contribution in [2.24, 2.45) is 5.92 Å². The maximum Gasteiger partial charge on any atom is 0.142 e. The van der Waals surface area contributed by atoms with Gasteiger partial charge in [0.1, 0.15) is 11.3 Å². The molecule has 0 N–H and O–H groups in total. The summed E-state index contributed by atoms with van der Waals surface area (Å²) in [6.45, 7) is 2.32. The summed E-state index contributed by atoms with van der Waals surface area (Å²) in [5.74, 6) is 1.95. The zero-order chi connectivity index (χ0) is 37.4. The summed E-state index contributed by atoms with van der Waals surface area (Å²) in [7, 11) is 0. The lowest BCUT2D eigenvalue weighted by Crippen LogP contribution is -2.34. The SMILES string of the molecule is CC1C=CC2=C(Cc3oc4c(-c5ccccc5)cccc4c3C=C2c2ccc(N(C3=CCC(c4ccccc4)C=C3)C3C=CC(c4ccccc4)=CC3)cc2)C1. The molecule has 3 unspecified atom stereocenters. The summed E-state index contributed by atoms with van der Waals surface area (Å²) in [6.07, 6.45) is 25.2. The van der Waals surface area contributed by atoms with Gasteiger partial charge in [0.2, 0.25) is 0 Å². The molecule has 2 heteroatoms. The van der Waals surface area contributed by atoms with Crippen LogP contribution in [0, 0.1) is 5.92 Å². The molecular weight excluding hydrogens is 679 g/mol. The first-order valence-corrected chi connectivity index (χ1v) is 20.1. The number of benzene rings is 5. The van der Waals surface area contributed by atoms with E-state index in [4.69, 9.17) is 4.42 Å². The van der Waals surface area contributed by atoms with Crippen LogP contribution in [0.4, 0.5) is 5.69 Å². The summed E-state index contributed by atoms with van der Waals surface area (Å²) < 4.78 is 6.85. The number of nitrogens with zero attached hydrogens (tertiary/aromatic N) is 1. The zero-order valence-electron chi connectivity index (χ0n) is 31.8. The van der Waals surface area contributed by atoms with Gasteiger partial charge in [0.15, 0.2) is 0 Å². The minimum Gasteiger partial charge on any atom is -0.459 e. The molecule has 0 bridgehead atoms. The molecule has 0 aliphatic heterocycles. The molecule has 0 saturated heterocycles. The highest BCUT2D eigenvalue weighted by Gasteiger charge is 2.28. The Balaban J connectivity index is 1.03. The van der Waals surface area contributed by atoms with E-state index < -0.39 is 0 Å². The Morgan fingerprint density at radius 2 is 1.38 bits per heavy atom. The Hall–Kier alpha value is -6.38. The van der Waals surface area contributed by atoms with Crippen LogP contribution in [0.5, 0.6) is 0 Å². The van der Waals surface area contributed by atoms with E-state index in [0.29, 0.717) is 11.8 Å². The Bertz CT molecular complexity index is 2630. The Kier molecular flexibility index (Phi) is 8.96. The van der Waals surface area contributed by atoms with Crippen molar-refractivity contribution < 1.29 is 4.42 Å². The molecule has 1 aromatic heterocycles. The van der Waals surface area contributed by atoms with Crippen molar-refractivity contribution in [3.8, 4) is 11.1 Å². The van der Waals surface area contributed by atoms with Crippen molar-refractivity contribution in [1.82, 2.24) is 0 Å². The molecule has 272 valence electrons. The van der Waals surface area contributed by atoms with Gasteiger partial charge in [-0.3, -0.25) is 0 Å². The predicted molar refractivity (Wildman–Crippen MR) is 235 cm³/mol. The minimum absolute atomic E-state index is 0.199. The van der Waals surface area contributed by atoms with Gasteiger partial charge in [-0.25, -0.2) is 0 Å². The Labute approximate surface area is 330 Å². The Morgan fingerprint density at radius 3 is 2.09 bits per heavy atom. The fourth-order valence-corrected chi connectivity index (χ4v) is 9.08. The van der Waals surface area contributed by atoms with Crippen LogP contribution < -0.4 is 4.90 Å². The van der Waals surface area contributed by atoms with Gasteiger partial charge < -0.3 is 9.32 Å². The molecule has 0 fully saturated rings. The van der Waals surface area contributed by atoms with Gasteiger partial charge in [0.05, 0.1) is 6.04 Å². The highest BCUT2D eigenvalue weighted by Crippen LogP contribution is 2.44. The van der Waals surface area contributed by atoms with Crippen molar-refractivity contribution in [3.63, 3.8) is 0 Å². The molecule has 0 saturated carbocycles. The Morgan fingerprint density at radius 1 is 0.625 bits per heavy atom. The quantitative estimate of drug-likeness (QED) is 0.163. The lowest BCUT2D eigenvalue weighted by molar-refractivity contribution is 0.551. The average Bonchev–Trinajstić information content (AvgIpc) is 3.52. The second kappa shape index (κ2) is 14.7. The van der Waals surface area contributed by atoms with Crippen LogP contribution in [-0.2, 0) is 6.42 Å². The number of allylic oxidation sites excluding steroid dienone is 10. The highest BCUT2D eigenvalue weighted by molar-refractivity contribution is 6.04. The van der Waals surface area contributed by atoms with Crippen LogP contribution in [-0.4, -0.2) is 6.04 Å². The van der Waals surface area contributed by atoms with Gasteiger partial charge in [-0.05, 0) is 88.4 Å². The smallest absolute Gasteiger partial charge is 0.142 e. The summed E-state index contributed by atoms with van der Waals surface area (Å²) in [4.78, 5) is 2.54. The third kappa shape index (κ3) is 6.46. The van der Waals surface area contributed by atoms with Crippen molar-refractivity contribution >= 4 is 33.9 Å². The molecule has 56 heavy (non-hydrogen) atoms. The number of hydrogen-bond acceptors (Lipinski definition) is 2. The van der Waals surface area contributed by atoms with Crippen molar-refractivity contribution in [1.29, 1.82) is 0 Å². The van der Waals surface area contributed by atoms with E-state index >= 15 is 0 Å². The molecule has 0 spiro atoms. The van der Waals surface area contributed by atoms with Gasteiger partial charge >= 0.3 is 0 Å². The summed E-state index contributed by atoms with van der Waals surface area (Å²) in [6, 6.07) is 48.3. The lowest BCUT2D eigenvalue weighted by atomic mass is 9.84. The van der Waals surface area contributed by atoms with Crippen molar-refractivity contribution in [3.05, 3.63) is 227 Å². The number of para-hydroxylation sites is 1. The molecule has 6 aromatic rings. The van der Waals surface area contributed by atoms with E-state index in [-0.39, 0.29) is 6.04 Å². The van der Waals surface area contributed by atoms with Crippen LogP contribution in [0.25, 0.3) is 39.3 Å². The van der Waals surface area contributed by atoms with Crippen LogP contribution in [0.1, 0.15) is 60.1 Å². The predicted octanol–water partition coefficient (Wildman–Crippen LogP) is 13.9. The number of furan rings is 1. The standard InChI is InChI=1S/C54H45NO/c1-37-20-33-48-44(34-37)35-53-52(50-19-11-18-49(54(50)56-53)42-16-9-4-10-17-42)36-51(48)43-25-31-47(32-26-43)55(45-27-21-40(22-28-45)38-12-5-2-6-13-38)46-29-23-41(24-30-46)39-14-7-3-8-15-39/h2-23,25-27,29-33,36-37,41,45H,24,28,34-35H2,1H3. The third-order valence-electron chi connectivity index (χ3n) is 12.0. The van der Waals surface area contributed by atoms with Crippen LogP contribution in [0.2, 0.25) is 0 Å². The summed E-state index contributed by atoms with van der Waals surface area (Å²) in [5.41, 5.74) is 16.2. The van der Waals surface area contributed by atoms with E-state index in [1.807, 2.05) is 0 Å². The van der Waals surface area contributed by atoms with Gasteiger partial charge in [0, 0.05) is 40.2 Å². The first-order valence-electron chi connectivity index (χ1n) is 20.1. The molecule has 3 atom stereocenters. The summed E-state index contributed by atoms with van der Waals surface area (Å²) in [5, 5.41) is 1.18. The van der Waals surface area contributed by atoms with Crippen LogP contribution >= 0.6 is 0 Å². The summed E-state index contributed by atoms with van der Waals surface area (Å²) >= 11 is 0. The van der Waals surface area contributed by atoms with Gasteiger partial charge in [-0.15, -0.1) is 0 Å². The van der Waals surface area contributed by atoms with E-state index in [0.717, 1.165) is 42.6 Å². The van der Waals surface area contributed by atoms with Gasteiger partial charge in [-0.2, -0.15) is 0 Å². The first kappa shape index (κ1) is 34.1. The average molecular weight is 724 g/mol. The maximum atomic E-state index is 6.85. The number of anilines is 1. The molecule has 0 radical (unpaired) electrons. The van der Waals surface area contributed by atoms with Crippen molar-refractivity contribution in [2.45, 2.75) is 44.6 Å². The molecule has 1 heterocycles. The number of fused-ring (bicyclic) bond motifs is 3. The lowest BCUT2D eigenvalue weighted by Gasteiger charge is -2.35. The fourth-order valence-electron chi connectivity index (χ4n) is 9.08.